The van der Waals surface area contributed by atoms with Crippen LogP contribution in [0.1, 0.15) is 18.4 Å². The molecule has 1 aromatic carbocycles. The molecule has 4 atom stereocenters. The fraction of sp³-hybridized carbons (Fsp3) is 0.609. The number of aliphatic hydroxyl groups is 1. The summed E-state index contributed by atoms with van der Waals surface area (Å²) in [6.07, 6.45) is 2.15. The van der Waals surface area contributed by atoms with E-state index in [1.54, 1.807) is 26.5 Å². The molecule has 0 bridgehead atoms. The molecule has 0 amide bonds. The van der Waals surface area contributed by atoms with Gasteiger partial charge in [0.05, 0.1) is 38.1 Å². The number of carbonyl (C=O) groups excluding carboxylic acids is 1. The molecule has 1 aromatic rings. The third-order valence-corrected chi connectivity index (χ3v) is 6.79. The van der Waals surface area contributed by atoms with Gasteiger partial charge in [0.2, 0.25) is 0 Å². The number of Topliss-reactive ketones (excluding diaryl/α,β-unsaturated/α-hetero) is 1. The number of benzene rings is 1. The second kappa shape index (κ2) is 8.96. The van der Waals surface area contributed by atoms with Crippen LogP contribution in [0, 0.1) is 11.8 Å². The largest absolute Gasteiger partial charge is 0.496 e. The zero-order valence-corrected chi connectivity index (χ0v) is 18.0. The van der Waals surface area contributed by atoms with E-state index in [-0.39, 0.29) is 23.7 Å². The van der Waals surface area contributed by atoms with Gasteiger partial charge >= 0.3 is 0 Å². The van der Waals surface area contributed by atoms with E-state index >= 15 is 0 Å². The number of hydrogen-bond donors (Lipinski definition) is 1. The molecule has 1 saturated carbocycles. The Morgan fingerprint density at radius 3 is 2.53 bits per heavy atom. The predicted octanol–water partition coefficient (Wildman–Crippen LogP) is 1.65. The molecule has 1 saturated heterocycles. The summed E-state index contributed by atoms with van der Waals surface area (Å²) in [5.74, 6) is 1.02. The van der Waals surface area contributed by atoms with Crippen molar-refractivity contribution >= 4 is 11.4 Å². The molecule has 2 heterocycles. The second-order valence-corrected chi connectivity index (χ2v) is 8.59. The lowest BCUT2D eigenvalue weighted by atomic mass is 9.72. The van der Waals surface area contributed by atoms with Crippen LogP contribution in [0.4, 0.5) is 0 Å². The molecule has 4 unspecified atom stereocenters. The first-order chi connectivity index (χ1) is 14.5. The number of nitrogens with zero attached hydrogens (tertiary/aromatic N) is 2. The van der Waals surface area contributed by atoms with Crippen LogP contribution < -0.4 is 9.47 Å². The number of ether oxygens (including phenoxy) is 3. The van der Waals surface area contributed by atoms with Crippen molar-refractivity contribution in [1.82, 2.24) is 9.80 Å². The van der Waals surface area contributed by atoms with Crippen LogP contribution in [-0.4, -0.2) is 86.9 Å². The number of aliphatic hydroxyl groups excluding tert-OH is 1. The van der Waals surface area contributed by atoms with Crippen molar-refractivity contribution in [2.75, 3.05) is 54.0 Å². The average Bonchev–Trinajstić information content (AvgIpc) is 2.77. The van der Waals surface area contributed by atoms with Crippen LogP contribution >= 0.6 is 0 Å². The maximum atomic E-state index is 13.4. The van der Waals surface area contributed by atoms with Gasteiger partial charge in [-0.05, 0) is 37.6 Å². The Balaban J connectivity index is 1.54. The lowest BCUT2D eigenvalue weighted by Crippen LogP contribution is -2.54. The average molecular weight is 417 g/mol. The summed E-state index contributed by atoms with van der Waals surface area (Å²) in [5, 5.41) is 10.7. The Morgan fingerprint density at radius 2 is 1.83 bits per heavy atom. The Bertz CT molecular complexity index is 803. The standard InChI is InChI=1S/C23H32N2O5/c1-24-8-10-25(11-9-24)13-17-19(26)6-5-16-22(27)18(14-30-23(16)17)15-4-7-20(28-2)21(12-15)29-3/h4,7,12,14,16-17,19,23,26H,5-6,8-11,13H2,1-3H3. The molecule has 1 aliphatic carbocycles. The first-order valence-corrected chi connectivity index (χ1v) is 10.7. The molecule has 30 heavy (non-hydrogen) atoms. The van der Waals surface area contributed by atoms with Crippen LogP contribution in [0.15, 0.2) is 24.5 Å². The van der Waals surface area contributed by atoms with E-state index in [4.69, 9.17) is 14.2 Å². The monoisotopic (exact) mass is 416 g/mol. The minimum Gasteiger partial charge on any atom is -0.496 e. The smallest absolute Gasteiger partial charge is 0.173 e. The third kappa shape index (κ3) is 4.06. The van der Waals surface area contributed by atoms with Gasteiger partial charge in [-0.1, -0.05) is 6.07 Å². The molecule has 0 spiro atoms. The molecule has 4 rings (SSSR count). The SMILES string of the molecule is COc1ccc(C2=COC3C(CCC(O)C3CN3CCN(C)CC3)C2=O)cc1OC. The van der Waals surface area contributed by atoms with Crippen LogP contribution in [0.3, 0.4) is 0 Å². The van der Waals surface area contributed by atoms with E-state index < -0.39 is 6.10 Å². The van der Waals surface area contributed by atoms with Crippen LogP contribution in [0.5, 0.6) is 11.5 Å². The quantitative estimate of drug-likeness (QED) is 0.783. The Hall–Kier alpha value is -2.09. The number of fused-ring (bicyclic) bond motifs is 1. The summed E-state index contributed by atoms with van der Waals surface area (Å²) in [6.45, 7) is 4.79. The van der Waals surface area contributed by atoms with Crippen molar-refractivity contribution in [2.24, 2.45) is 11.8 Å². The maximum absolute atomic E-state index is 13.4. The van der Waals surface area contributed by atoms with Gasteiger partial charge in [-0.25, -0.2) is 0 Å². The molecular weight excluding hydrogens is 384 g/mol. The Morgan fingerprint density at radius 1 is 1.10 bits per heavy atom. The highest BCUT2D eigenvalue weighted by Gasteiger charge is 2.46. The Labute approximate surface area is 178 Å². The number of likely N-dealkylation sites (N-methyl/N-ethyl adjacent to an activating group) is 1. The molecule has 0 radical (unpaired) electrons. The second-order valence-electron chi connectivity index (χ2n) is 8.59. The summed E-state index contributed by atoms with van der Waals surface area (Å²) in [5.41, 5.74) is 1.32. The number of allylic oxidation sites excluding steroid dienone is 1. The van der Waals surface area contributed by atoms with Crippen LogP contribution in [0.25, 0.3) is 5.57 Å². The highest BCUT2D eigenvalue weighted by molar-refractivity contribution is 6.22. The fourth-order valence-corrected chi connectivity index (χ4v) is 4.89. The van der Waals surface area contributed by atoms with E-state index in [0.29, 0.717) is 29.9 Å². The van der Waals surface area contributed by atoms with Crippen molar-refractivity contribution in [3.05, 3.63) is 30.0 Å². The van der Waals surface area contributed by atoms with Crippen molar-refractivity contribution in [3.8, 4) is 11.5 Å². The number of carbonyl (C=O) groups is 1. The van der Waals surface area contributed by atoms with Crippen LogP contribution in [0.2, 0.25) is 0 Å². The highest BCUT2D eigenvalue weighted by atomic mass is 16.5. The molecule has 2 fully saturated rings. The number of piperazine rings is 1. The van der Waals surface area contributed by atoms with Gasteiger partial charge < -0.3 is 29.1 Å². The van der Waals surface area contributed by atoms with Gasteiger partial charge in [0.1, 0.15) is 6.10 Å². The molecule has 164 valence electrons. The number of hydrogen-bond acceptors (Lipinski definition) is 7. The zero-order valence-electron chi connectivity index (χ0n) is 18.0. The summed E-state index contributed by atoms with van der Waals surface area (Å²) in [6, 6.07) is 5.47. The molecule has 1 N–H and O–H groups in total. The highest BCUT2D eigenvalue weighted by Crippen LogP contribution is 2.41. The third-order valence-electron chi connectivity index (χ3n) is 6.79. The summed E-state index contributed by atoms with van der Waals surface area (Å²) >= 11 is 0. The Kier molecular flexibility index (Phi) is 6.32. The summed E-state index contributed by atoms with van der Waals surface area (Å²) in [7, 11) is 5.30. The van der Waals surface area contributed by atoms with Gasteiger partial charge in [-0.2, -0.15) is 0 Å². The molecule has 2 aliphatic heterocycles. The minimum atomic E-state index is -0.435. The number of rotatable bonds is 5. The molecule has 3 aliphatic rings. The summed E-state index contributed by atoms with van der Waals surface area (Å²) in [4.78, 5) is 18.1. The molecule has 7 nitrogen and oxygen atoms in total. The lowest BCUT2D eigenvalue weighted by molar-refractivity contribution is -0.133. The molecule has 7 heteroatoms. The van der Waals surface area contributed by atoms with E-state index in [2.05, 4.69) is 16.8 Å². The predicted molar refractivity (Wildman–Crippen MR) is 114 cm³/mol. The van der Waals surface area contributed by atoms with E-state index in [0.717, 1.165) is 38.3 Å². The van der Waals surface area contributed by atoms with Crippen molar-refractivity contribution in [3.63, 3.8) is 0 Å². The van der Waals surface area contributed by atoms with Crippen molar-refractivity contribution < 1.29 is 24.1 Å². The van der Waals surface area contributed by atoms with E-state index in [1.165, 1.54) is 0 Å². The fourth-order valence-electron chi connectivity index (χ4n) is 4.89. The first kappa shape index (κ1) is 21.2. The van der Waals surface area contributed by atoms with Gasteiger partial charge in [0.15, 0.2) is 17.3 Å². The minimum absolute atomic E-state index is 0.0562. The van der Waals surface area contributed by atoms with Crippen molar-refractivity contribution in [2.45, 2.75) is 25.0 Å². The van der Waals surface area contributed by atoms with Crippen molar-refractivity contribution in [1.29, 1.82) is 0 Å². The first-order valence-electron chi connectivity index (χ1n) is 10.7. The lowest BCUT2D eigenvalue weighted by Gasteiger charge is -2.44. The molecular formula is C23H32N2O5. The van der Waals surface area contributed by atoms with Gasteiger partial charge in [0.25, 0.3) is 0 Å². The number of methoxy groups -OCH3 is 2. The maximum Gasteiger partial charge on any atom is 0.173 e. The van der Waals surface area contributed by atoms with E-state index in [1.807, 2.05) is 12.1 Å². The normalized spacial score (nSPS) is 30.3. The summed E-state index contributed by atoms with van der Waals surface area (Å²) < 4.78 is 16.8. The number of ketones is 1. The topological polar surface area (TPSA) is 71.5 Å². The van der Waals surface area contributed by atoms with Crippen LogP contribution in [-0.2, 0) is 9.53 Å². The molecule has 0 aromatic heterocycles. The zero-order chi connectivity index (χ0) is 21.3. The van der Waals surface area contributed by atoms with E-state index in [9.17, 15) is 9.90 Å². The van der Waals surface area contributed by atoms with Gasteiger partial charge in [0, 0.05) is 38.6 Å². The van der Waals surface area contributed by atoms with Gasteiger partial charge in [-0.3, -0.25) is 4.79 Å². The van der Waals surface area contributed by atoms with Gasteiger partial charge in [-0.15, -0.1) is 0 Å².